The van der Waals surface area contributed by atoms with E-state index in [4.69, 9.17) is 0 Å². The van der Waals surface area contributed by atoms with Crippen LogP contribution in [0.5, 0.6) is 0 Å². The van der Waals surface area contributed by atoms with E-state index in [-0.39, 0.29) is 11.9 Å². The normalized spacial score (nSPS) is 12.5. The fourth-order valence-electron chi connectivity index (χ4n) is 1.35. The number of rotatable bonds is 6. The highest BCUT2D eigenvalue weighted by atomic mass is 32.2. The SMILES string of the molecule is CCc1ncnc(NC(C)CCSC)c1F. The van der Waals surface area contributed by atoms with Crippen molar-refractivity contribution < 1.29 is 4.39 Å². The van der Waals surface area contributed by atoms with Crippen LogP contribution in [-0.4, -0.2) is 28.0 Å². The molecule has 0 saturated heterocycles. The van der Waals surface area contributed by atoms with Crippen LogP contribution in [0.4, 0.5) is 10.2 Å². The molecule has 0 saturated carbocycles. The molecule has 16 heavy (non-hydrogen) atoms. The van der Waals surface area contributed by atoms with Crippen molar-refractivity contribution >= 4 is 17.6 Å². The Kier molecular flexibility index (Phi) is 5.52. The standard InChI is InChI=1S/C11H18FN3S/c1-4-9-10(12)11(14-7-13-9)15-8(2)5-6-16-3/h7-8H,4-6H2,1-3H3,(H,13,14,15). The first-order valence-corrected chi connectivity index (χ1v) is 6.83. The van der Waals surface area contributed by atoms with E-state index in [0.29, 0.717) is 17.9 Å². The van der Waals surface area contributed by atoms with Crippen LogP contribution >= 0.6 is 11.8 Å². The molecule has 0 bridgehead atoms. The third-order valence-electron chi connectivity index (χ3n) is 2.33. The lowest BCUT2D eigenvalue weighted by atomic mass is 10.2. The average Bonchev–Trinajstić information content (AvgIpc) is 2.29. The molecular weight excluding hydrogens is 225 g/mol. The second-order valence-corrected chi connectivity index (χ2v) is 4.65. The Balaban J connectivity index is 2.66. The molecule has 1 rings (SSSR count). The smallest absolute Gasteiger partial charge is 0.186 e. The van der Waals surface area contributed by atoms with Gasteiger partial charge >= 0.3 is 0 Å². The largest absolute Gasteiger partial charge is 0.365 e. The number of nitrogens with one attached hydrogen (secondary N) is 1. The summed E-state index contributed by atoms with van der Waals surface area (Å²) in [7, 11) is 0. The lowest BCUT2D eigenvalue weighted by Gasteiger charge is -2.14. The first-order chi connectivity index (χ1) is 7.69. The van der Waals surface area contributed by atoms with E-state index in [0.717, 1.165) is 12.2 Å². The van der Waals surface area contributed by atoms with Gasteiger partial charge in [-0.1, -0.05) is 6.92 Å². The zero-order chi connectivity index (χ0) is 12.0. The van der Waals surface area contributed by atoms with E-state index in [1.54, 1.807) is 11.8 Å². The van der Waals surface area contributed by atoms with E-state index in [1.807, 2.05) is 13.8 Å². The molecular formula is C11H18FN3S. The molecule has 1 unspecified atom stereocenters. The molecule has 5 heteroatoms. The molecule has 0 radical (unpaired) electrons. The molecule has 1 aromatic heterocycles. The second-order valence-electron chi connectivity index (χ2n) is 3.66. The first-order valence-electron chi connectivity index (χ1n) is 5.43. The van der Waals surface area contributed by atoms with Crippen LogP contribution < -0.4 is 5.32 Å². The molecule has 1 N–H and O–H groups in total. The molecule has 1 aromatic rings. The Morgan fingerprint density at radius 3 is 2.88 bits per heavy atom. The minimum Gasteiger partial charge on any atom is -0.365 e. The number of anilines is 1. The lowest BCUT2D eigenvalue weighted by Crippen LogP contribution is -2.18. The van der Waals surface area contributed by atoms with E-state index in [9.17, 15) is 4.39 Å². The summed E-state index contributed by atoms with van der Waals surface area (Å²) in [5.74, 6) is 1.06. The molecule has 0 aliphatic rings. The zero-order valence-corrected chi connectivity index (χ0v) is 10.8. The van der Waals surface area contributed by atoms with Gasteiger partial charge in [0.2, 0.25) is 0 Å². The Morgan fingerprint density at radius 2 is 2.25 bits per heavy atom. The highest BCUT2D eigenvalue weighted by molar-refractivity contribution is 7.98. The topological polar surface area (TPSA) is 37.8 Å². The van der Waals surface area contributed by atoms with Gasteiger partial charge in [-0.05, 0) is 31.8 Å². The molecule has 0 fully saturated rings. The molecule has 3 nitrogen and oxygen atoms in total. The molecule has 0 spiro atoms. The quantitative estimate of drug-likeness (QED) is 0.833. The van der Waals surface area contributed by atoms with Crippen LogP contribution in [0, 0.1) is 5.82 Å². The number of aromatic nitrogens is 2. The number of thioether (sulfide) groups is 1. The fraction of sp³-hybridized carbons (Fsp3) is 0.636. The van der Waals surface area contributed by atoms with E-state index >= 15 is 0 Å². The van der Waals surface area contributed by atoms with Gasteiger partial charge in [-0.2, -0.15) is 11.8 Å². The van der Waals surface area contributed by atoms with Gasteiger partial charge in [0.05, 0.1) is 5.69 Å². The van der Waals surface area contributed by atoms with Crippen LogP contribution in [0.15, 0.2) is 6.33 Å². The maximum atomic E-state index is 13.8. The number of hydrogen-bond donors (Lipinski definition) is 1. The van der Waals surface area contributed by atoms with Crippen molar-refractivity contribution in [1.29, 1.82) is 0 Å². The van der Waals surface area contributed by atoms with Crippen molar-refractivity contribution in [3.63, 3.8) is 0 Å². The van der Waals surface area contributed by atoms with Gasteiger partial charge < -0.3 is 5.32 Å². The van der Waals surface area contributed by atoms with E-state index < -0.39 is 0 Å². The summed E-state index contributed by atoms with van der Waals surface area (Å²) in [6.45, 7) is 3.91. The highest BCUT2D eigenvalue weighted by Gasteiger charge is 2.11. The lowest BCUT2D eigenvalue weighted by molar-refractivity contribution is 0.592. The summed E-state index contributed by atoms with van der Waals surface area (Å²) >= 11 is 1.79. The monoisotopic (exact) mass is 243 g/mol. The van der Waals surface area contributed by atoms with Crippen LogP contribution in [0.3, 0.4) is 0 Å². The third kappa shape index (κ3) is 3.63. The van der Waals surface area contributed by atoms with Gasteiger partial charge in [0.25, 0.3) is 0 Å². The zero-order valence-electron chi connectivity index (χ0n) is 9.96. The predicted octanol–water partition coefficient (Wildman–Crippen LogP) is 2.73. The Hall–Kier alpha value is -0.840. The summed E-state index contributed by atoms with van der Waals surface area (Å²) in [6, 6.07) is 0.224. The minimum absolute atomic E-state index is 0.224. The molecule has 0 aliphatic carbocycles. The van der Waals surface area contributed by atoms with E-state index in [1.165, 1.54) is 6.33 Å². The second kappa shape index (κ2) is 6.68. The number of hydrogen-bond acceptors (Lipinski definition) is 4. The van der Waals surface area contributed by atoms with Gasteiger partial charge in [-0.3, -0.25) is 0 Å². The van der Waals surface area contributed by atoms with Crippen LogP contribution in [0.25, 0.3) is 0 Å². The molecule has 90 valence electrons. The van der Waals surface area contributed by atoms with Gasteiger partial charge in [0, 0.05) is 6.04 Å². The average molecular weight is 243 g/mol. The molecule has 1 heterocycles. The highest BCUT2D eigenvalue weighted by Crippen LogP contribution is 2.15. The fourth-order valence-corrected chi connectivity index (χ4v) is 1.94. The molecule has 1 atom stereocenters. The summed E-state index contributed by atoms with van der Waals surface area (Å²) in [5.41, 5.74) is 0.467. The van der Waals surface area contributed by atoms with Gasteiger partial charge in [-0.25, -0.2) is 14.4 Å². The summed E-state index contributed by atoms with van der Waals surface area (Å²) in [5, 5.41) is 3.08. The predicted molar refractivity (Wildman–Crippen MR) is 67.5 cm³/mol. The number of aryl methyl sites for hydroxylation is 1. The van der Waals surface area contributed by atoms with Crippen molar-refractivity contribution in [1.82, 2.24) is 9.97 Å². The first kappa shape index (κ1) is 13.2. The molecule has 0 aromatic carbocycles. The van der Waals surface area contributed by atoms with Gasteiger partial charge in [-0.15, -0.1) is 0 Å². The van der Waals surface area contributed by atoms with Gasteiger partial charge in [0.15, 0.2) is 11.6 Å². The van der Waals surface area contributed by atoms with Crippen molar-refractivity contribution in [3.05, 3.63) is 17.8 Å². The summed E-state index contributed by atoms with van der Waals surface area (Å²) < 4.78 is 13.8. The number of halogens is 1. The van der Waals surface area contributed by atoms with Crippen molar-refractivity contribution in [2.45, 2.75) is 32.7 Å². The maximum absolute atomic E-state index is 13.8. The Labute approximate surface area is 100 Å². The molecule has 0 amide bonds. The minimum atomic E-state index is -0.319. The Morgan fingerprint density at radius 1 is 1.50 bits per heavy atom. The third-order valence-corrected chi connectivity index (χ3v) is 2.98. The van der Waals surface area contributed by atoms with Crippen LogP contribution in [0.1, 0.15) is 26.0 Å². The van der Waals surface area contributed by atoms with Crippen molar-refractivity contribution in [2.75, 3.05) is 17.3 Å². The van der Waals surface area contributed by atoms with E-state index in [2.05, 4.69) is 21.5 Å². The number of nitrogens with zero attached hydrogens (tertiary/aromatic N) is 2. The maximum Gasteiger partial charge on any atom is 0.186 e. The summed E-state index contributed by atoms with van der Waals surface area (Å²) in [4.78, 5) is 7.83. The van der Waals surface area contributed by atoms with Crippen LogP contribution in [-0.2, 0) is 6.42 Å². The van der Waals surface area contributed by atoms with Crippen molar-refractivity contribution in [2.24, 2.45) is 0 Å². The van der Waals surface area contributed by atoms with Crippen LogP contribution in [0.2, 0.25) is 0 Å². The Bertz CT molecular complexity index is 333. The van der Waals surface area contributed by atoms with Gasteiger partial charge in [0.1, 0.15) is 6.33 Å². The summed E-state index contributed by atoms with van der Waals surface area (Å²) in [6.07, 6.45) is 5.05. The molecule has 0 aliphatic heterocycles. The van der Waals surface area contributed by atoms with Crippen molar-refractivity contribution in [3.8, 4) is 0 Å².